The lowest BCUT2D eigenvalue weighted by atomic mass is 10.2. The Balaban J connectivity index is 2.67. The highest BCUT2D eigenvalue weighted by molar-refractivity contribution is 7.84. The van der Waals surface area contributed by atoms with Gasteiger partial charge in [-0.2, -0.15) is 0 Å². The van der Waals surface area contributed by atoms with E-state index in [4.69, 9.17) is 5.11 Å². The van der Waals surface area contributed by atoms with Crippen LogP contribution in [0.3, 0.4) is 0 Å². The van der Waals surface area contributed by atoms with Crippen LogP contribution in [0.2, 0.25) is 0 Å². The predicted molar refractivity (Wildman–Crippen MR) is 58.6 cm³/mol. The summed E-state index contributed by atoms with van der Waals surface area (Å²) in [7, 11) is -0.882. The van der Waals surface area contributed by atoms with Gasteiger partial charge in [-0.25, -0.2) is 4.79 Å². The molecule has 1 atom stereocenters. The van der Waals surface area contributed by atoms with Gasteiger partial charge in [0.15, 0.2) is 0 Å². The normalized spacial score (nSPS) is 12.1. The lowest BCUT2D eigenvalue weighted by Crippen LogP contribution is -2.12. The summed E-state index contributed by atoms with van der Waals surface area (Å²) in [5.74, 6) is -0.537. The van der Waals surface area contributed by atoms with Crippen LogP contribution in [-0.4, -0.2) is 38.8 Å². The Morgan fingerprint density at radius 2 is 2.40 bits per heavy atom. The highest BCUT2D eigenvalue weighted by Gasteiger charge is 2.08. The van der Waals surface area contributed by atoms with E-state index in [-0.39, 0.29) is 5.56 Å². The number of aromatic nitrogens is 1. The zero-order chi connectivity index (χ0) is 11.3. The lowest BCUT2D eigenvalue weighted by molar-refractivity contribution is 0.0697. The molecule has 0 aliphatic heterocycles. The van der Waals surface area contributed by atoms with Gasteiger partial charge in [0.1, 0.15) is 5.56 Å². The number of hydrogen-bond donors (Lipinski definition) is 2. The van der Waals surface area contributed by atoms with Crippen molar-refractivity contribution in [2.24, 2.45) is 0 Å². The molecule has 1 aromatic heterocycles. The molecule has 0 spiro atoms. The van der Waals surface area contributed by atoms with E-state index in [1.54, 1.807) is 12.3 Å². The van der Waals surface area contributed by atoms with Crippen LogP contribution in [0.25, 0.3) is 0 Å². The van der Waals surface area contributed by atoms with E-state index in [0.717, 1.165) is 0 Å². The molecule has 5 nitrogen and oxygen atoms in total. The zero-order valence-corrected chi connectivity index (χ0v) is 9.08. The molecule has 0 aliphatic rings. The van der Waals surface area contributed by atoms with Crippen molar-refractivity contribution in [3.63, 3.8) is 0 Å². The standard InChI is InChI=1S/C9H12N2O3S/c1-15(14)5-4-11-8-2-3-10-6-7(8)9(12)13/h2-3,6H,4-5H2,1H3,(H,10,11)(H,12,13). The predicted octanol–water partition coefficient (Wildman–Crippen LogP) is 0.570. The SMILES string of the molecule is CS(=O)CCNc1ccncc1C(=O)O. The lowest BCUT2D eigenvalue weighted by Gasteiger charge is -2.07. The Hall–Kier alpha value is -1.43. The molecule has 1 heterocycles. The molecule has 0 radical (unpaired) electrons. The average molecular weight is 228 g/mol. The van der Waals surface area contributed by atoms with Gasteiger partial charge in [0.25, 0.3) is 0 Å². The third-order valence-electron chi connectivity index (χ3n) is 1.76. The number of carboxylic acids is 1. The van der Waals surface area contributed by atoms with Crippen LogP contribution in [0.4, 0.5) is 5.69 Å². The highest BCUT2D eigenvalue weighted by Crippen LogP contribution is 2.12. The first-order chi connectivity index (χ1) is 7.11. The molecule has 1 rings (SSSR count). The van der Waals surface area contributed by atoms with Crippen molar-refractivity contribution in [1.29, 1.82) is 0 Å². The van der Waals surface area contributed by atoms with Gasteiger partial charge < -0.3 is 10.4 Å². The van der Waals surface area contributed by atoms with Gasteiger partial charge in [-0.15, -0.1) is 0 Å². The summed E-state index contributed by atoms with van der Waals surface area (Å²) in [5.41, 5.74) is 0.627. The van der Waals surface area contributed by atoms with E-state index < -0.39 is 16.8 Å². The van der Waals surface area contributed by atoms with Gasteiger partial charge in [-0.05, 0) is 6.07 Å². The van der Waals surface area contributed by atoms with Crippen LogP contribution in [0, 0.1) is 0 Å². The van der Waals surface area contributed by atoms with Crippen molar-refractivity contribution in [1.82, 2.24) is 4.98 Å². The van der Waals surface area contributed by atoms with Crippen molar-refractivity contribution in [2.45, 2.75) is 0 Å². The van der Waals surface area contributed by atoms with Crippen molar-refractivity contribution >= 4 is 22.5 Å². The molecule has 0 saturated carbocycles. The molecule has 15 heavy (non-hydrogen) atoms. The molecule has 1 unspecified atom stereocenters. The van der Waals surface area contributed by atoms with Crippen molar-refractivity contribution in [2.75, 3.05) is 23.9 Å². The quantitative estimate of drug-likeness (QED) is 0.770. The third kappa shape index (κ3) is 3.67. The van der Waals surface area contributed by atoms with Crippen LogP contribution < -0.4 is 5.32 Å². The molecular formula is C9H12N2O3S. The third-order valence-corrected chi connectivity index (χ3v) is 2.54. The number of carboxylic acid groups (broad SMARTS) is 1. The molecule has 82 valence electrons. The molecule has 6 heteroatoms. The Kier molecular flexibility index (Phi) is 4.23. The summed E-state index contributed by atoms with van der Waals surface area (Å²) in [6, 6.07) is 1.59. The van der Waals surface area contributed by atoms with Crippen LogP contribution in [0.1, 0.15) is 10.4 Å². The largest absolute Gasteiger partial charge is 0.478 e. The number of nitrogens with zero attached hydrogens (tertiary/aromatic N) is 1. The molecule has 2 N–H and O–H groups in total. The van der Waals surface area contributed by atoms with Crippen molar-refractivity contribution in [3.05, 3.63) is 24.0 Å². The molecule has 0 saturated heterocycles. The first-order valence-electron chi connectivity index (χ1n) is 4.32. The molecule has 0 bridgehead atoms. The highest BCUT2D eigenvalue weighted by atomic mass is 32.2. The van der Waals surface area contributed by atoms with Gasteiger partial charge in [0.05, 0.1) is 5.69 Å². The van der Waals surface area contributed by atoms with Gasteiger partial charge in [-0.3, -0.25) is 9.19 Å². The van der Waals surface area contributed by atoms with E-state index >= 15 is 0 Å². The second-order valence-corrected chi connectivity index (χ2v) is 4.49. The minimum Gasteiger partial charge on any atom is -0.478 e. The number of anilines is 1. The molecule has 0 aliphatic carbocycles. The number of rotatable bonds is 5. The fraction of sp³-hybridized carbons (Fsp3) is 0.333. The second kappa shape index (κ2) is 5.45. The van der Waals surface area contributed by atoms with E-state index in [2.05, 4.69) is 10.3 Å². The van der Waals surface area contributed by atoms with Crippen molar-refractivity contribution in [3.8, 4) is 0 Å². The van der Waals surface area contributed by atoms with Crippen LogP contribution in [0.15, 0.2) is 18.5 Å². The smallest absolute Gasteiger partial charge is 0.339 e. The minimum atomic E-state index is -1.02. The maximum atomic E-state index is 10.8. The van der Waals surface area contributed by atoms with Gasteiger partial charge in [-0.1, -0.05) is 0 Å². The average Bonchev–Trinajstić information content (AvgIpc) is 2.17. The Labute approximate surface area is 90.0 Å². The Morgan fingerprint density at radius 1 is 1.67 bits per heavy atom. The number of hydrogen-bond acceptors (Lipinski definition) is 4. The topological polar surface area (TPSA) is 79.3 Å². The minimum absolute atomic E-state index is 0.124. The van der Waals surface area contributed by atoms with Gasteiger partial charge in [0, 0.05) is 41.7 Å². The number of carbonyl (C=O) groups is 1. The maximum Gasteiger partial charge on any atom is 0.339 e. The molecule has 0 aromatic carbocycles. The second-order valence-electron chi connectivity index (χ2n) is 2.93. The summed E-state index contributed by atoms with van der Waals surface area (Å²) >= 11 is 0. The van der Waals surface area contributed by atoms with Crippen LogP contribution in [-0.2, 0) is 10.8 Å². The fourth-order valence-corrected chi connectivity index (χ4v) is 1.44. The monoisotopic (exact) mass is 228 g/mol. The summed E-state index contributed by atoms with van der Waals surface area (Å²) in [4.78, 5) is 14.5. The summed E-state index contributed by atoms with van der Waals surface area (Å²) in [6.07, 6.45) is 4.40. The number of aromatic carboxylic acids is 1. The Morgan fingerprint density at radius 3 is 3.00 bits per heavy atom. The fourth-order valence-electron chi connectivity index (χ4n) is 1.05. The molecule has 0 fully saturated rings. The number of nitrogens with one attached hydrogen (secondary N) is 1. The van der Waals surface area contributed by atoms with Crippen LogP contribution >= 0.6 is 0 Å². The summed E-state index contributed by atoms with van der Waals surface area (Å²) in [5, 5.41) is 11.7. The summed E-state index contributed by atoms with van der Waals surface area (Å²) < 4.78 is 10.8. The van der Waals surface area contributed by atoms with Gasteiger partial charge in [0.2, 0.25) is 0 Å². The maximum absolute atomic E-state index is 10.8. The molecule has 0 amide bonds. The first kappa shape index (κ1) is 11.6. The summed E-state index contributed by atoms with van der Waals surface area (Å²) in [6.45, 7) is 0.480. The zero-order valence-electron chi connectivity index (χ0n) is 8.27. The number of pyridine rings is 1. The molecule has 1 aromatic rings. The van der Waals surface area contributed by atoms with Gasteiger partial charge >= 0.3 is 5.97 Å². The van der Waals surface area contributed by atoms with Crippen LogP contribution in [0.5, 0.6) is 0 Å². The van der Waals surface area contributed by atoms with E-state index in [0.29, 0.717) is 18.0 Å². The first-order valence-corrected chi connectivity index (χ1v) is 6.05. The van der Waals surface area contributed by atoms with Crippen molar-refractivity contribution < 1.29 is 14.1 Å². The molecular weight excluding hydrogens is 216 g/mol. The van der Waals surface area contributed by atoms with E-state index in [1.165, 1.54) is 12.4 Å². The Bertz CT molecular complexity index is 381. The van der Waals surface area contributed by atoms with E-state index in [1.807, 2.05) is 0 Å². The van der Waals surface area contributed by atoms with E-state index in [9.17, 15) is 9.00 Å².